The van der Waals surface area contributed by atoms with Crippen molar-refractivity contribution in [3.8, 4) is 11.4 Å². The molecule has 0 saturated carbocycles. The van der Waals surface area contributed by atoms with E-state index in [1.54, 1.807) is 12.3 Å². The molecule has 0 aliphatic heterocycles. The molecule has 8 nitrogen and oxygen atoms in total. The summed E-state index contributed by atoms with van der Waals surface area (Å²) in [6.45, 7) is 0.286. The summed E-state index contributed by atoms with van der Waals surface area (Å²) in [5.41, 5.74) is 0.914. The van der Waals surface area contributed by atoms with Gasteiger partial charge in [-0.3, -0.25) is 9.59 Å². The van der Waals surface area contributed by atoms with Gasteiger partial charge in [0.15, 0.2) is 18.6 Å². The van der Waals surface area contributed by atoms with Gasteiger partial charge >= 0.3 is 5.97 Å². The Bertz CT molecular complexity index is 657. The van der Waals surface area contributed by atoms with Gasteiger partial charge in [-0.1, -0.05) is 4.68 Å². The number of nitrogens with zero attached hydrogens (tertiary/aromatic N) is 4. The molecule has 8 heteroatoms. The van der Waals surface area contributed by atoms with E-state index < -0.39 is 5.97 Å². The van der Waals surface area contributed by atoms with E-state index in [1.165, 1.54) is 30.2 Å². The smallest absolute Gasteiger partial charge is 0.309 e. The Kier molecular flexibility index (Phi) is 4.50. The second-order valence-corrected chi connectivity index (χ2v) is 4.17. The van der Waals surface area contributed by atoms with Gasteiger partial charge in [0.25, 0.3) is 5.91 Å². The van der Waals surface area contributed by atoms with Crippen LogP contribution in [0.2, 0.25) is 0 Å². The quantitative estimate of drug-likeness (QED) is 0.729. The number of aliphatic carboxylic acids is 1. The van der Waals surface area contributed by atoms with Crippen LogP contribution in [0, 0.1) is 0 Å². The molecule has 0 radical (unpaired) electrons. The van der Waals surface area contributed by atoms with Crippen molar-refractivity contribution in [2.24, 2.45) is 0 Å². The van der Waals surface area contributed by atoms with Gasteiger partial charge in [0, 0.05) is 24.9 Å². The Morgan fingerprint density at radius 2 is 2.19 bits per heavy atom. The minimum atomic E-state index is -0.880. The molecule has 0 aliphatic rings. The van der Waals surface area contributed by atoms with Gasteiger partial charge in [-0.2, -0.15) is 0 Å². The lowest BCUT2D eigenvalue weighted by Gasteiger charge is -2.01. The molecule has 2 heterocycles. The molecule has 0 aliphatic carbocycles. The highest BCUT2D eigenvalue weighted by Gasteiger charge is 2.11. The first-order valence-corrected chi connectivity index (χ1v) is 6.23. The second kappa shape index (κ2) is 6.51. The van der Waals surface area contributed by atoms with Crippen LogP contribution in [0.4, 0.5) is 0 Å². The number of hydrogen-bond acceptors (Lipinski definition) is 5. The van der Waals surface area contributed by atoms with Crippen molar-refractivity contribution in [2.75, 3.05) is 7.05 Å². The predicted octanol–water partition coefficient (Wildman–Crippen LogP) is -0.340. The Morgan fingerprint density at radius 3 is 2.81 bits per heavy atom. The maximum absolute atomic E-state index is 11.5. The maximum atomic E-state index is 11.5. The molecule has 108 valence electrons. The summed E-state index contributed by atoms with van der Waals surface area (Å²) in [5, 5.41) is 15.2. The fourth-order valence-electron chi connectivity index (χ4n) is 1.61. The van der Waals surface area contributed by atoms with Gasteiger partial charge in [0.2, 0.25) is 0 Å². The van der Waals surface area contributed by atoms with E-state index in [1.807, 2.05) is 0 Å². The van der Waals surface area contributed by atoms with Gasteiger partial charge in [-0.15, -0.1) is 0 Å². The van der Waals surface area contributed by atoms with E-state index >= 15 is 0 Å². The van der Waals surface area contributed by atoms with Crippen LogP contribution in [-0.2, 0) is 11.3 Å². The third-order valence-electron chi connectivity index (χ3n) is 2.70. The number of carboxylic acid groups (broad SMARTS) is 1. The number of nitrogens with one attached hydrogen (secondary N) is 1. The zero-order chi connectivity index (χ0) is 15.2. The van der Waals surface area contributed by atoms with Crippen LogP contribution in [0.15, 0.2) is 30.7 Å². The topological polar surface area (TPSA) is 109 Å². The maximum Gasteiger partial charge on any atom is 0.309 e. The lowest BCUT2D eigenvalue weighted by Crippen LogP contribution is -2.38. The average Bonchev–Trinajstić information content (AvgIpc) is 2.52. The first-order valence-electron chi connectivity index (χ1n) is 6.23. The molecule has 1 amide bonds. The number of amides is 1. The minimum Gasteiger partial charge on any atom is -0.481 e. The second-order valence-electron chi connectivity index (χ2n) is 4.17. The first kappa shape index (κ1) is 14.5. The van der Waals surface area contributed by atoms with Crippen LogP contribution in [0.3, 0.4) is 0 Å². The molecule has 21 heavy (non-hydrogen) atoms. The summed E-state index contributed by atoms with van der Waals surface area (Å²) in [4.78, 5) is 30.3. The first-order chi connectivity index (χ1) is 10.1. The lowest BCUT2D eigenvalue weighted by atomic mass is 10.2. The standard InChI is InChI=1S/C13H13N5O3/c1-14-13(21)10-2-5-15-12(17-10)9-3-6-18(16-8-9)7-4-11(19)20/h2-3,5-6,8H,4,7H2,1H3,(H-,14,19,20,21)/p+1. The zero-order valence-corrected chi connectivity index (χ0v) is 11.4. The Morgan fingerprint density at radius 1 is 1.38 bits per heavy atom. The molecule has 0 unspecified atom stereocenters. The van der Waals surface area contributed by atoms with Gasteiger partial charge in [-0.25, -0.2) is 9.97 Å². The zero-order valence-electron chi connectivity index (χ0n) is 11.4. The predicted molar refractivity (Wildman–Crippen MR) is 71.1 cm³/mol. The Balaban J connectivity index is 2.18. The van der Waals surface area contributed by atoms with Gasteiger partial charge in [-0.05, 0) is 11.2 Å². The van der Waals surface area contributed by atoms with E-state index in [0.717, 1.165) is 0 Å². The van der Waals surface area contributed by atoms with E-state index in [0.29, 0.717) is 11.4 Å². The molecule has 2 aromatic heterocycles. The number of hydrogen-bond donors (Lipinski definition) is 2. The number of aromatic nitrogens is 4. The molecule has 2 rings (SSSR count). The van der Waals surface area contributed by atoms with Crippen molar-refractivity contribution in [3.63, 3.8) is 0 Å². The molecular weight excluding hydrogens is 274 g/mol. The van der Waals surface area contributed by atoms with Crippen molar-refractivity contribution in [3.05, 3.63) is 36.4 Å². The molecule has 0 aromatic carbocycles. The largest absolute Gasteiger partial charge is 0.481 e. The van der Waals surface area contributed by atoms with Crippen molar-refractivity contribution in [1.29, 1.82) is 0 Å². The molecule has 0 atom stereocenters. The van der Waals surface area contributed by atoms with Gasteiger partial charge in [0.1, 0.15) is 18.3 Å². The van der Waals surface area contributed by atoms with Crippen LogP contribution in [0.1, 0.15) is 16.9 Å². The molecule has 0 saturated heterocycles. The van der Waals surface area contributed by atoms with E-state index in [2.05, 4.69) is 20.4 Å². The molecule has 0 spiro atoms. The molecule has 2 aromatic rings. The van der Waals surface area contributed by atoms with Crippen molar-refractivity contribution < 1.29 is 19.4 Å². The van der Waals surface area contributed by atoms with Crippen LogP contribution in [0.5, 0.6) is 0 Å². The molecule has 0 fully saturated rings. The monoisotopic (exact) mass is 288 g/mol. The summed E-state index contributed by atoms with van der Waals surface area (Å²) >= 11 is 0. The van der Waals surface area contributed by atoms with Gasteiger partial charge < -0.3 is 10.4 Å². The number of carbonyl (C=O) groups excluding carboxylic acids is 1. The van der Waals surface area contributed by atoms with Crippen LogP contribution in [0.25, 0.3) is 11.4 Å². The fraction of sp³-hybridized carbons (Fsp3) is 0.231. The highest BCUT2D eigenvalue weighted by molar-refractivity contribution is 5.92. The third kappa shape index (κ3) is 3.78. The number of carboxylic acids is 1. The highest BCUT2D eigenvalue weighted by atomic mass is 16.4. The van der Waals surface area contributed by atoms with E-state index in [4.69, 9.17) is 5.11 Å². The summed E-state index contributed by atoms with van der Waals surface area (Å²) in [7, 11) is 1.53. The lowest BCUT2D eigenvalue weighted by molar-refractivity contribution is -0.752. The van der Waals surface area contributed by atoms with Crippen molar-refractivity contribution in [2.45, 2.75) is 13.0 Å². The SMILES string of the molecule is CNC(=O)c1ccnc(-c2cc[n+](CCC(=O)O)nc2)n1. The number of carbonyl (C=O) groups is 2. The fourth-order valence-corrected chi connectivity index (χ4v) is 1.61. The normalized spacial score (nSPS) is 10.1. The summed E-state index contributed by atoms with van der Waals surface area (Å²) in [6, 6.07) is 3.24. The Labute approximate surface area is 120 Å². The summed E-state index contributed by atoms with van der Waals surface area (Å²) < 4.78 is 1.51. The van der Waals surface area contributed by atoms with Crippen LogP contribution < -0.4 is 10.00 Å². The Hall–Kier alpha value is -2.90. The highest BCUT2D eigenvalue weighted by Crippen LogP contribution is 2.11. The third-order valence-corrected chi connectivity index (χ3v) is 2.70. The molecular formula is C13H14N5O3+. The van der Waals surface area contributed by atoms with E-state index in [-0.39, 0.29) is 24.6 Å². The average molecular weight is 288 g/mol. The number of aryl methyl sites for hydroxylation is 1. The minimum absolute atomic E-state index is 0.000328. The summed E-state index contributed by atoms with van der Waals surface area (Å²) in [5.74, 6) is -0.789. The van der Waals surface area contributed by atoms with Crippen LogP contribution >= 0.6 is 0 Å². The van der Waals surface area contributed by atoms with E-state index in [9.17, 15) is 9.59 Å². The van der Waals surface area contributed by atoms with Crippen molar-refractivity contribution in [1.82, 2.24) is 20.4 Å². The molecule has 2 N–H and O–H groups in total. The number of rotatable bonds is 5. The van der Waals surface area contributed by atoms with Gasteiger partial charge in [0.05, 0.1) is 0 Å². The van der Waals surface area contributed by atoms with Crippen LogP contribution in [-0.4, -0.2) is 39.1 Å². The summed E-state index contributed by atoms with van der Waals surface area (Å²) in [6.07, 6.45) is 4.68. The van der Waals surface area contributed by atoms with Crippen molar-refractivity contribution >= 4 is 11.9 Å². The molecule has 0 bridgehead atoms.